The van der Waals surface area contributed by atoms with E-state index in [1.165, 1.54) is 16.7 Å². The fourth-order valence-corrected chi connectivity index (χ4v) is 4.80. The minimum atomic E-state index is 0.293. The van der Waals surface area contributed by atoms with E-state index in [0.717, 1.165) is 34.6 Å². The largest absolute Gasteiger partial charge is 0.507 e. The van der Waals surface area contributed by atoms with Crippen LogP contribution >= 0.6 is 0 Å². The SMILES string of the molecule is CC(C)Cc1c(-c2ccccc2)c(-c2ccccc2)n(-c2ccccc2)c1-c1ccccc1O. The summed E-state index contributed by atoms with van der Waals surface area (Å²) in [6.45, 7) is 4.51. The van der Waals surface area contributed by atoms with Crippen LogP contribution in [0, 0.1) is 5.92 Å². The summed E-state index contributed by atoms with van der Waals surface area (Å²) in [7, 11) is 0. The Balaban J connectivity index is 2.00. The Kier molecular flexibility index (Phi) is 6.05. The Hall–Kier alpha value is -4.04. The first kappa shape index (κ1) is 21.8. The van der Waals surface area contributed by atoms with E-state index < -0.39 is 0 Å². The summed E-state index contributed by atoms with van der Waals surface area (Å²) in [6, 6.07) is 39.4. The second kappa shape index (κ2) is 9.44. The van der Waals surface area contributed by atoms with E-state index in [9.17, 15) is 5.11 Å². The van der Waals surface area contributed by atoms with E-state index in [0.29, 0.717) is 11.7 Å². The summed E-state index contributed by atoms with van der Waals surface area (Å²) in [6.07, 6.45) is 0.896. The minimum absolute atomic E-state index is 0.293. The summed E-state index contributed by atoms with van der Waals surface area (Å²) in [5.41, 5.74) is 8.93. The summed E-state index contributed by atoms with van der Waals surface area (Å²) >= 11 is 0. The van der Waals surface area contributed by atoms with Gasteiger partial charge in [0, 0.05) is 16.8 Å². The number of benzene rings is 4. The van der Waals surface area contributed by atoms with Gasteiger partial charge in [-0.1, -0.05) is 105 Å². The molecule has 5 rings (SSSR count). The highest BCUT2D eigenvalue weighted by Gasteiger charge is 2.28. The van der Waals surface area contributed by atoms with Crippen molar-refractivity contribution in [2.45, 2.75) is 20.3 Å². The number of phenolic OH excluding ortho intramolecular Hbond substituents is 1. The van der Waals surface area contributed by atoms with Crippen molar-refractivity contribution in [1.82, 2.24) is 4.57 Å². The van der Waals surface area contributed by atoms with Gasteiger partial charge in [-0.05, 0) is 53.3 Å². The molecule has 0 fully saturated rings. The highest BCUT2D eigenvalue weighted by molar-refractivity contribution is 5.93. The molecule has 4 aromatic carbocycles. The second-order valence-corrected chi connectivity index (χ2v) is 9.07. The van der Waals surface area contributed by atoms with Crippen LogP contribution in [-0.4, -0.2) is 9.67 Å². The van der Waals surface area contributed by atoms with Gasteiger partial charge in [0.25, 0.3) is 0 Å². The Morgan fingerprint density at radius 1 is 0.618 bits per heavy atom. The van der Waals surface area contributed by atoms with E-state index >= 15 is 0 Å². The predicted molar refractivity (Wildman–Crippen MR) is 142 cm³/mol. The van der Waals surface area contributed by atoms with Gasteiger partial charge in [0.2, 0.25) is 0 Å². The first-order valence-electron chi connectivity index (χ1n) is 11.9. The molecule has 0 aliphatic rings. The lowest BCUT2D eigenvalue weighted by Gasteiger charge is -2.16. The molecule has 0 bridgehead atoms. The van der Waals surface area contributed by atoms with Gasteiger partial charge in [-0.2, -0.15) is 0 Å². The van der Waals surface area contributed by atoms with Crippen molar-refractivity contribution in [1.29, 1.82) is 0 Å². The molecule has 0 aliphatic heterocycles. The quantitative estimate of drug-likeness (QED) is 0.280. The molecule has 2 nitrogen and oxygen atoms in total. The van der Waals surface area contributed by atoms with E-state index in [4.69, 9.17) is 0 Å². The molecule has 2 heteroatoms. The van der Waals surface area contributed by atoms with Crippen molar-refractivity contribution >= 4 is 0 Å². The van der Waals surface area contributed by atoms with Crippen LogP contribution in [0.4, 0.5) is 0 Å². The molecule has 0 saturated heterocycles. The third kappa shape index (κ3) is 4.04. The first-order valence-corrected chi connectivity index (χ1v) is 11.9. The molecule has 0 spiro atoms. The molecule has 0 radical (unpaired) electrons. The number of aromatic nitrogens is 1. The average Bonchev–Trinajstić information content (AvgIpc) is 3.20. The van der Waals surface area contributed by atoms with E-state index in [2.05, 4.69) is 103 Å². The number of para-hydroxylation sites is 2. The normalized spacial score (nSPS) is 11.1. The van der Waals surface area contributed by atoms with Crippen molar-refractivity contribution < 1.29 is 5.11 Å². The molecular formula is C32H29NO. The van der Waals surface area contributed by atoms with Gasteiger partial charge in [0.15, 0.2) is 0 Å². The van der Waals surface area contributed by atoms with Crippen molar-refractivity contribution in [3.63, 3.8) is 0 Å². The molecule has 34 heavy (non-hydrogen) atoms. The van der Waals surface area contributed by atoms with Crippen LogP contribution < -0.4 is 0 Å². The second-order valence-electron chi connectivity index (χ2n) is 9.07. The zero-order valence-corrected chi connectivity index (χ0v) is 19.6. The van der Waals surface area contributed by atoms with Crippen molar-refractivity contribution in [2.75, 3.05) is 0 Å². The predicted octanol–water partition coefficient (Wildman–Crippen LogP) is 8.38. The smallest absolute Gasteiger partial charge is 0.124 e. The topological polar surface area (TPSA) is 25.2 Å². The Morgan fingerprint density at radius 2 is 1.15 bits per heavy atom. The average molecular weight is 444 g/mol. The maximum absolute atomic E-state index is 11.0. The molecule has 0 amide bonds. The fourth-order valence-electron chi connectivity index (χ4n) is 4.80. The number of nitrogens with zero attached hydrogens (tertiary/aromatic N) is 1. The van der Waals surface area contributed by atoms with Crippen LogP contribution in [-0.2, 0) is 6.42 Å². The molecule has 0 aliphatic carbocycles. The monoisotopic (exact) mass is 443 g/mol. The highest BCUT2D eigenvalue weighted by atomic mass is 16.3. The number of hydrogen-bond acceptors (Lipinski definition) is 1. The van der Waals surface area contributed by atoms with Crippen LogP contribution in [0.15, 0.2) is 115 Å². The molecule has 0 atom stereocenters. The number of rotatable bonds is 6. The number of phenols is 1. The van der Waals surface area contributed by atoms with E-state index in [1.807, 2.05) is 24.3 Å². The third-order valence-corrected chi connectivity index (χ3v) is 6.17. The highest BCUT2D eigenvalue weighted by Crippen LogP contribution is 2.47. The van der Waals surface area contributed by atoms with Gasteiger partial charge in [-0.15, -0.1) is 0 Å². The summed E-state index contributed by atoms with van der Waals surface area (Å²) in [5.74, 6) is 0.740. The first-order chi connectivity index (χ1) is 16.6. The van der Waals surface area contributed by atoms with Gasteiger partial charge in [0.1, 0.15) is 5.75 Å². The van der Waals surface area contributed by atoms with Gasteiger partial charge in [-0.25, -0.2) is 0 Å². The molecule has 1 heterocycles. The van der Waals surface area contributed by atoms with E-state index in [-0.39, 0.29) is 0 Å². The zero-order valence-electron chi connectivity index (χ0n) is 19.6. The van der Waals surface area contributed by atoms with Crippen molar-refractivity contribution in [3.05, 3.63) is 121 Å². The Bertz CT molecular complexity index is 1380. The maximum Gasteiger partial charge on any atom is 0.124 e. The van der Waals surface area contributed by atoms with Crippen LogP contribution in [0.3, 0.4) is 0 Å². The lowest BCUT2D eigenvalue weighted by Crippen LogP contribution is -2.02. The molecule has 0 saturated carbocycles. The number of hydrogen-bond donors (Lipinski definition) is 1. The van der Waals surface area contributed by atoms with Crippen LogP contribution in [0.25, 0.3) is 39.3 Å². The lowest BCUT2D eigenvalue weighted by molar-refractivity contribution is 0.477. The lowest BCUT2D eigenvalue weighted by atomic mass is 9.91. The molecule has 0 unspecified atom stereocenters. The third-order valence-electron chi connectivity index (χ3n) is 6.17. The standard InChI is InChI=1S/C32H29NO/c1-23(2)22-28-30(24-14-6-3-7-15-24)31(25-16-8-4-9-17-25)33(26-18-10-5-11-19-26)32(28)27-20-12-13-21-29(27)34/h3-21,23,34H,22H2,1-2H3. The van der Waals surface area contributed by atoms with Gasteiger partial charge < -0.3 is 9.67 Å². The van der Waals surface area contributed by atoms with Gasteiger partial charge in [0.05, 0.1) is 11.4 Å². The Labute approximate surface area is 201 Å². The van der Waals surface area contributed by atoms with Crippen LogP contribution in [0.2, 0.25) is 0 Å². The van der Waals surface area contributed by atoms with Gasteiger partial charge >= 0.3 is 0 Å². The van der Waals surface area contributed by atoms with E-state index in [1.54, 1.807) is 6.07 Å². The van der Waals surface area contributed by atoms with Crippen LogP contribution in [0.1, 0.15) is 19.4 Å². The molecule has 1 aromatic heterocycles. The molecular weight excluding hydrogens is 414 g/mol. The van der Waals surface area contributed by atoms with Crippen LogP contribution in [0.5, 0.6) is 5.75 Å². The molecule has 5 aromatic rings. The number of aromatic hydroxyl groups is 1. The summed E-state index contributed by atoms with van der Waals surface area (Å²) in [5, 5.41) is 11.0. The summed E-state index contributed by atoms with van der Waals surface area (Å²) in [4.78, 5) is 0. The van der Waals surface area contributed by atoms with Crippen molar-refractivity contribution in [3.8, 4) is 45.1 Å². The minimum Gasteiger partial charge on any atom is -0.507 e. The van der Waals surface area contributed by atoms with Crippen molar-refractivity contribution in [2.24, 2.45) is 5.92 Å². The maximum atomic E-state index is 11.0. The Morgan fingerprint density at radius 3 is 1.74 bits per heavy atom. The zero-order chi connectivity index (χ0) is 23.5. The summed E-state index contributed by atoms with van der Waals surface area (Å²) < 4.78 is 2.34. The fraction of sp³-hybridized carbons (Fsp3) is 0.125. The molecule has 168 valence electrons. The molecule has 1 N–H and O–H groups in total. The van der Waals surface area contributed by atoms with Gasteiger partial charge in [-0.3, -0.25) is 0 Å².